The fourth-order valence-corrected chi connectivity index (χ4v) is 5.20. The average Bonchev–Trinajstić information content (AvgIpc) is 2.89. The maximum Gasteiger partial charge on any atom is 0.242 e. The topological polar surface area (TPSA) is 105 Å². The van der Waals surface area contributed by atoms with E-state index in [2.05, 4.69) is 5.32 Å². The lowest BCUT2D eigenvalue weighted by atomic mass is 10.1. The first kappa shape index (κ1) is 31.9. The highest BCUT2D eigenvalue weighted by Gasteiger charge is 2.29. The number of sulfonamides is 1. The molecule has 2 aromatic rings. The average molecular weight is 562 g/mol. The standard InChI is InChI=1S/C29H43N3O6S/c1-7-25(29(34)30-20-22(3)4)31(21-23-13-11-14-24(19-23)37-5)28(33)17-12-18-32(39(6,35)36)26-15-9-10-16-27(26)38-8-2/h9-11,13-16,19,22,25H,7-8,12,17-18,20-21H2,1-6H3,(H,30,34). The number of nitrogens with one attached hydrogen (secondary N) is 1. The molecular formula is C29H43N3O6S. The van der Waals surface area contributed by atoms with Gasteiger partial charge in [-0.15, -0.1) is 0 Å². The van der Waals surface area contributed by atoms with Crippen LogP contribution in [0.1, 0.15) is 52.5 Å². The van der Waals surface area contributed by atoms with Crippen molar-refractivity contribution in [1.82, 2.24) is 10.2 Å². The number of nitrogens with zero attached hydrogens (tertiary/aromatic N) is 2. The van der Waals surface area contributed by atoms with Crippen LogP contribution in [0.25, 0.3) is 0 Å². The number of carbonyl (C=O) groups is 2. The zero-order valence-electron chi connectivity index (χ0n) is 24.0. The molecule has 1 N–H and O–H groups in total. The van der Waals surface area contributed by atoms with E-state index in [4.69, 9.17) is 9.47 Å². The minimum atomic E-state index is -3.63. The second-order valence-corrected chi connectivity index (χ2v) is 11.7. The van der Waals surface area contributed by atoms with Gasteiger partial charge in [0.25, 0.3) is 0 Å². The first-order valence-electron chi connectivity index (χ1n) is 13.4. The summed E-state index contributed by atoms with van der Waals surface area (Å²) in [7, 11) is -2.06. The van der Waals surface area contributed by atoms with Crippen molar-refractivity contribution in [1.29, 1.82) is 0 Å². The van der Waals surface area contributed by atoms with Crippen molar-refractivity contribution in [2.75, 3.05) is 37.4 Å². The predicted molar refractivity (Wildman–Crippen MR) is 155 cm³/mol. The quantitative estimate of drug-likeness (QED) is 0.329. The third kappa shape index (κ3) is 9.76. The lowest BCUT2D eigenvalue weighted by Crippen LogP contribution is -2.49. The van der Waals surface area contributed by atoms with Crippen molar-refractivity contribution in [2.24, 2.45) is 5.92 Å². The number of para-hydroxylation sites is 2. The Balaban J connectivity index is 2.27. The zero-order valence-corrected chi connectivity index (χ0v) is 24.8. The highest BCUT2D eigenvalue weighted by molar-refractivity contribution is 7.92. The van der Waals surface area contributed by atoms with E-state index in [0.29, 0.717) is 36.8 Å². The molecule has 2 rings (SSSR count). The van der Waals surface area contributed by atoms with Crippen LogP contribution in [-0.2, 0) is 26.2 Å². The smallest absolute Gasteiger partial charge is 0.242 e. The van der Waals surface area contributed by atoms with Crippen LogP contribution in [-0.4, -0.2) is 64.2 Å². The summed E-state index contributed by atoms with van der Waals surface area (Å²) in [5.41, 5.74) is 1.27. The van der Waals surface area contributed by atoms with Crippen LogP contribution in [0.4, 0.5) is 5.69 Å². The molecule has 0 aliphatic heterocycles. The van der Waals surface area contributed by atoms with Gasteiger partial charge in [-0.1, -0.05) is 45.0 Å². The first-order valence-corrected chi connectivity index (χ1v) is 15.3. The number of benzene rings is 2. The van der Waals surface area contributed by atoms with Crippen LogP contribution in [0, 0.1) is 5.92 Å². The Morgan fingerprint density at radius 2 is 1.77 bits per heavy atom. The molecular weight excluding hydrogens is 518 g/mol. The molecule has 0 fully saturated rings. The highest BCUT2D eigenvalue weighted by atomic mass is 32.2. The Morgan fingerprint density at radius 3 is 2.38 bits per heavy atom. The van der Waals surface area contributed by atoms with Crippen LogP contribution >= 0.6 is 0 Å². The summed E-state index contributed by atoms with van der Waals surface area (Å²) in [5.74, 6) is 0.968. The van der Waals surface area contributed by atoms with Gasteiger partial charge < -0.3 is 19.7 Å². The lowest BCUT2D eigenvalue weighted by molar-refractivity contribution is -0.141. The van der Waals surface area contributed by atoms with Crippen LogP contribution < -0.4 is 19.1 Å². The molecule has 0 radical (unpaired) electrons. The fourth-order valence-electron chi connectivity index (χ4n) is 4.23. The molecule has 9 nitrogen and oxygen atoms in total. The van der Waals surface area contributed by atoms with Crippen LogP contribution in [0.15, 0.2) is 48.5 Å². The van der Waals surface area contributed by atoms with E-state index in [0.717, 1.165) is 11.8 Å². The summed E-state index contributed by atoms with van der Waals surface area (Å²) in [6.45, 7) is 8.96. The molecule has 1 atom stereocenters. The summed E-state index contributed by atoms with van der Waals surface area (Å²) >= 11 is 0. The van der Waals surface area contributed by atoms with Crippen molar-refractivity contribution in [3.8, 4) is 11.5 Å². The summed E-state index contributed by atoms with van der Waals surface area (Å²) in [4.78, 5) is 28.3. The van der Waals surface area contributed by atoms with Crippen LogP contribution in [0.2, 0.25) is 0 Å². The van der Waals surface area contributed by atoms with Crippen LogP contribution in [0.5, 0.6) is 11.5 Å². The molecule has 2 amide bonds. The molecule has 0 saturated carbocycles. The van der Waals surface area contributed by atoms with E-state index < -0.39 is 16.1 Å². The first-order chi connectivity index (χ1) is 18.5. The molecule has 0 bridgehead atoms. The molecule has 39 heavy (non-hydrogen) atoms. The van der Waals surface area contributed by atoms with Gasteiger partial charge in [-0.2, -0.15) is 0 Å². The molecule has 0 spiro atoms. The van der Waals surface area contributed by atoms with Gasteiger partial charge in [0.15, 0.2) is 0 Å². The van der Waals surface area contributed by atoms with Crippen LogP contribution in [0.3, 0.4) is 0 Å². The minimum Gasteiger partial charge on any atom is -0.497 e. The van der Waals surface area contributed by atoms with Crippen molar-refractivity contribution in [3.05, 3.63) is 54.1 Å². The van der Waals surface area contributed by atoms with E-state index in [-0.39, 0.29) is 43.7 Å². The van der Waals surface area contributed by atoms with E-state index in [9.17, 15) is 18.0 Å². The van der Waals surface area contributed by atoms with Gasteiger partial charge in [0.2, 0.25) is 21.8 Å². The number of rotatable bonds is 16. The van der Waals surface area contributed by atoms with Crippen molar-refractivity contribution >= 4 is 27.5 Å². The molecule has 216 valence electrons. The number of carbonyl (C=O) groups excluding carboxylic acids is 2. The van der Waals surface area contributed by atoms with E-state index in [1.807, 2.05) is 52.0 Å². The van der Waals surface area contributed by atoms with Gasteiger partial charge >= 0.3 is 0 Å². The Kier molecular flexibility index (Phi) is 12.6. The highest BCUT2D eigenvalue weighted by Crippen LogP contribution is 2.30. The van der Waals surface area contributed by atoms with Crippen molar-refractivity contribution in [3.63, 3.8) is 0 Å². The second-order valence-electron chi connectivity index (χ2n) is 9.78. The molecule has 0 aromatic heterocycles. The maximum atomic E-state index is 13.6. The fraction of sp³-hybridized carbons (Fsp3) is 0.517. The number of anilines is 1. The third-order valence-corrected chi connectivity index (χ3v) is 7.32. The van der Waals surface area contributed by atoms with Crippen molar-refractivity contribution in [2.45, 2.75) is 59.5 Å². The van der Waals surface area contributed by atoms with Gasteiger partial charge in [-0.3, -0.25) is 13.9 Å². The van der Waals surface area contributed by atoms with Gasteiger partial charge in [0.1, 0.15) is 17.5 Å². The number of methoxy groups -OCH3 is 1. The molecule has 0 saturated heterocycles. The molecule has 2 aromatic carbocycles. The van der Waals surface area contributed by atoms with Gasteiger partial charge in [0, 0.05) is 26.1 Å². The summed E-state index contributed by atoms with van der Waals surface area (Å²) in [5, 5.41) is 2.95. The van der Waals surface area contributed by atoms with Gasteiger partial charge in [-0.25, -0.2) is 8.42 Å². The number of hydrogen-bond acceptors (Lipinski definition) is 6. The Bertz CT molecular complexity index is 1190. The number of amides is 2. The summed E-state index contributed by atoms with van der Waals surface area (Å²) in [6, 6.07) is 13.7. The molecule has 10 heteroatoms. The number of hydrogen-bond donors (Lipinski definition) is 1. The largest absolute Gasteiger partial charge is 0.497 e. The van der Waals surface area contributed by atoms with E-state index in [1.165, 1.54) is 4.31 Å². The zero-order chi connectivity index (χ0) is 29.0. The maximum absolute atomic E-state index is 13.6. The summed E-state index contributed by atoms with van der Waals surface area (Å²) in [6.07, 6.45) is 1.92. The third-order valence-electron chi connectivity index (χ3n) is 6.14. The Morgan fingerprint density at radius 1 is 1.05 bits per heavy atom. The molecule has 0 aliphatic carbocycles. The SMILES string of the molecule is CCOc1ccccc1N(CCCC(=O)N(Cc1cccc(OC)c1)C(CC)C(=O)NCC(C)C)S(C)(=O)=O. The molecule has 1 unspecified atom stereocenters. The lowest BCUT2D eigenvalue weighted by Gasteiger charge is -2.31. The monoisotopic (exact) mass is 561 g/mol. The second kappa shape index (κ2) is 15.4. The Hall–Kier alpha value is -3.27. The minimum absolute atomic E-state index is 0.0702. The molecule has 0 aliphatic rings. The summed E-state index contributed by atoms with van der Waals surface area (Å²) < 4.78 is 37.6. The van der Waals surface area contributed by atoms with Gasteiger partial charge in [0.05, 0.1) is 25.7 Å². The predicted octanol–water partition coefficient (Wildman–Crippen LogP) is 4.22. The Labute approximate surface area is 233 Å². The molecule has 0 heterocycles. The van der Waals surface area contributed by atoms with E-state index >= 15 is 0 Å². The van der Waals surface area contributed by atoms with Crippen molar-refractivity contribution < 1.29 is 27.5 Å². The van der Waals surface area contributed by atoms with E-state index in [1.54, 1.807) is 36.3 Å². The number of ether oxygens (including phenoxy) is 2. The van der Waals surface area contributed by atoms with Gasteiger partial charge in [-0.05, 0) is 55.5 Å². The normalized spacial score (nSPS) is 12.1.